The average molecular weight is 435 g/mol. The maximum Gasteiger partial charge on any atom is 0.295 e. The molecule has 2 heterocycles. The number of aromatic nitrogens is 4. The standard InChI is InChI=1S/C18H19ClN6O3S/c1-10(12-4-5-12)25-16-14(9-22-18(19)24-16)23-15(17(25)26)21-8-11-2-6-13(7-3-11)29(20,27)28/h2-3,6-7,9-10,12H,4-5,8H2,1H3,(H,21,23)(H2,20,27,28)/t10-/m0/s1. The molecule has 1 saturated carbocycles. The zero-order chi connectivity index (χ0) is 20.8. The molecule has 1 aliphatic carbocycles. The summed E-state index contributed by atoms with van der Waals surface area (Å²) in [4.78, 5) is 25.7. The van der Waals surface area contributed by atoms with E-state index in [-0.39, 0.29) is 34.1 Å². The van der Waals surface area contributed by atoms with Crippen molar-refractivity contribution in [3.63, 3.8) is 0 Å². The number of hydrogen-bond acceptors (Lipinski definition) is 7. The Balaban J connectivity index is 1.68. The molecule has 9 nitrogen and oxygen atoms in total. The van der Waals surface area contributed by atoms with Gasteiger partial charge in [0.05, 0.1) is 11.1 Å². The fourth-order valence-corrected chi connectivity index (χ4v) is 3.89. The number of rotatable bonds is 6. The van der Waals surface area contributed by atoms with Crippen molar-refractivity contribution < 1.29 is 8.42 Å². The van der Waals surface area contributed by atoms with Crippen LogP contribution < -0.4 is 16.0 Å². The molecule has 3 aromatic rings. The number of nitrogens with zero attached hydrogens (tertiary/aromatic N) is 4. The van der Waals surface area contributed by atoms with Crippen LogP contribution in [0, 0.1) is 5.92 Å². The Hall–Kier alpha value is -2.56. The van der Waals surface area contributed by atoms with Gasteiger partial charge in [0.15, 0.2) is 11.5 Å². The number of halogens is 1. The van der Waals surface area contributed by atoms with Gasteiger partial charge in [-0.3, -0.25) is 9.36 Å². The molecule has 1 aliphatic rings. The Morgan fingerprint density at radius 1 is 1.28 bits per heavy atom. The van der Waals surface area contributed by atoms with Crippen LogP contribution in [0.3, 0.4) is 0 Å². The van der Waals surface area contributed by atoms with Crippen LogP contribution in [0.1, 0.15) is 31.4 Å². The zero-order valence-electron chi connectivity index (χ0n) is 15.5. The number of hydrogen-bond donors (Lipinski definition) is 2. The summed E-state index contributed by atoms with van der Waals surface area (Å²) < 4.78 is 24.4. The first-order valence-electron chi connectivity index (χ1n) is 9.04. The van der Waals surface area contributed by atoms with Gasteiger partial charge in [-0.05, 0) is 55.0 Å². The minimum Gasteiger partial charge on any atom is -0.361 e. The number of benzene rings is 1. The SMILES string of the molecule is C[C@@H](C1CC1)n1c(=O)c(NCc2ccc(S(N)(=O)=O)cc2)nc2cnc(Cl)nc21. The number of fused-ring (bicyclic) bond motifs is 1. The van der Waals surface area contributed by atoms with Gasteiger partial charge in [0.25, 0.3) is 5.56 Å². The summed E-state index contributed by atoms with van der Waals surface area (Å²) in [6.07, 6.45) is 3.62. The third kappa shape index (κ3) is 4.09. The summed E-state index contributed by atoms with van der Waals surface area (Å²) in [5.41, 5.74) is 1.37. The largest absolute Gasteiger partial charge is 0.361 e. The minimum atomic E-state index is -3.75. The monoisotopic (exact) mass is 434 g/mol. The highest BCUT2D eigenvalue weighted by Gasteiger charge is 2.31. The van der Waals surface area contributed by atoms with Crippen LogP contribution in [0.2, 0.25) is 5.28 Å². The van der Waals surface area contributed by atoms with Gasteiger partial charge in [0, 0.05) is 12.6 Å². The van der Waals surface area contributed by atoms with Crippen LogP contribution in [-0.2, 0) is 16.6 Å². The van der Waals surface area contributed by atoms with Crippen LogP contribution in [0.25, 0.3) is 11.2 Å². The first-order chi connectivity index (χ1) is 13.7. The lowest BCUT2D eigenvalue weighted by Gasteiger charge is -2.18. The fraction of sp³-hybridized carbons (Fsp3) is 0.333. The normalized spacial score (nSPS) is 15.4. The number of sulfonamides is 1. The highest BCUT2D eigenvalue weighted by molar-refractivity contribution is 7.89. The molecular formula is C18H19ClN6O3S. The average Bonchev–Trinajstić information content (AvgIpc) is 3.51. The quantitative estimate of drug-likeness (QED) is 0.567. The Morgan fingerprint density at radius 2 is 1.97 bits per heavy atom. The molecule has 0 spiro atoms. The fourth-order valence-electron chi connectivity index (χ4n) is 3.25. The molecule has 0 saturated heterocycles. The smallest absolute Gasteiger partial charge is 0.295 e. The molecule has 1 aromatic carbocycles. The highest BCUT2D eigenvalue weighted by atomic mass is 35.5. The topological polar surface area (TPSA) is 133 Å². The Kier molecular flexibility index (Phi) is 5.01. The van der Waals surface area contributed by atoms with Crippen molar-refractivity contribution in [1.82, 2.24) is 19.5 Å². The second kappa shape index (κ2) is 7.36. The van der Waals surface area contributed by atoms with Crippen molar-refractivity contribution in [2.24, 2.45) is 11.1 Å². The van der Waals surface area contributed by atoms with Crippen LogP contribution in [0.4, 0.5) is 5.82 Å². The van der Waals surface area contributed by atoms with Crippen LogP contribution >= 0.6 is 11.6 Å². The predicted molar refractivity (Wildman–Crippen MR) is 109 cm³/mol. The van der Waals surface area contributed by atoms with Gasteiger partial charge in [0.1, 0.15) is 5.52 Å². The molecule has 29 heavy (non-hydrogen) atoms. The molecule has 3 N–H and O–H groups in total. The molecule has 1 atom stereocenters. The van der Waals surface area contributed by atoms with Crippen LogP contribution in [-0.4, -0.2) is 27.9 Å². The molecule has 11 heteroatoms. The van der Waals surface area contributed by atoms with Gasteiger partial charge in [-0.15, -0.1) is 0 Å². The number of anilines is 1. The molecule has 0 bridgehead atoms. The molecule has 2 aromatic heterocycles. The highest BCUT2D eigenvalue weighted by Crippen LogP contribution is 2.39. The lowest BCUT2D eigenvalue weighted by atomic mass is 10.2. The van der Waals surface area contributed by atoms with E-state index in [0.29, 0.717) is 17.1 Å². The van der Waals surface area contributed by atoms with Gasteiger partial charge in [-0.2, -0.15) is 4.98 Å². The summed E-state index contributed by atoms with van der Waals surface area (Å²) in [5, 5.41) is 8.21. The van der Waals surface area contributed by atoms with Crippen molar-refractivity contribution >= 4 is 38.6 Å². The van der Waals surface area contributed by atoms with Gasteiger partial charge < -0.3 is 5.32 Å². The van der Waals surface area contributed by atoms with Crippen molar-refractivity contribution in [2.45, 2.75) is 37.2 Å². The van der Waals surface area contributed by atoms with E-state index in [9.17, 15) is 13.2 Å². The van der Waals surface area contributed by atoms with Crippen molar-refractivity contribution in [3.05, 3.63) is 51.7 Å². The lowest BCUT2D eigenvalue weighted by Crippen LogP contribution is -2.29. The van der Waals surface area contributed by atoms with Crippen molar-refractivity contribution in [3.8, 4) is 0 Å². The van der Waals surface area contributed by atoms with Crippen LogP contribution in [0.5, 0.6) is 0 Å². The minimum absolute atomic E-state index is 0.0275. The van der Waals surface area contributed by atoms with Crippen molar-refractivity contribution in [2.75, 3.05) is 5.32 Å². The zero-order valence-corrected chi connectivity index (χ0v) is 17.1. The Morgan fingerprint density at radius 3 is 2.59 bits per heavy atom. The number of primary sulfonamides is 1. The summed E-state index contributed by atoms with van der Waals surface area (Å²) >= 11 is 5.94. The van der Waals surface area contributed by atoms with E-state index in [1.165, 1.54) is 18.3 Å². The summed E-state index contributed by atoms with van der Waals surface area (Å²) in [5.74, 6) is 0.595. The first kappa shape index (κ1) is 19.7. The number of nitrogens with one attached hydrogen (secondary N) is 1. The summed E-state index contributed by atoms with van der Waals surface area (Å²) in [6.45, 7) is 2.27. The summed E-state index contributed by atoms with van der Waals surface area (Å²) in [7, 11) is -3.75. The molecular weight excluding hydrogens is 416 g/mol. The van der Waals surface area contributed by atoms with E-state index in [1.54, 1.807) is 16.7 Å². The first-order valence-corrected chi connectivity index (χ1v) is 11.0. The third-order valence-corrected chi connectivity index (χ3v) is 6.14. The maximum atomic E-state index is 13.1. The predicted octanol–water partition coefficient (Wildman–Crippen LogP) is 2.07. The summed E-state index contributed by atoms with van der Waals surface area (Å²) in [6, 6.07) is 6.06. The van der Waals surface area contributed by atoms with E-state index < -0.39 is 10.0 Å². The Bertz CT molecular complexity index is 1240. The van der Waals surface area contributed by atoms with E-state index in [1.807, 2.05) is 6.92 Å². The molecule has 152 valence electrons. The molecule has 0 amide bonds. The second-order valence-electron chi connectivity index (χ2n) is 7.10. The van der Waals surface area contributed by atoms with Crippen LogP contribution in [0.15, 0.2) is 40.2 Å². The maximum absolute atomic E-state index is 13.1. The molecule has 0 unspecified atom stereocenters. The van der Waals surface area contributed by atoms with Gasteiger partial charge in [0.2, 0.25) is 15.3 Å². The molecule has 0 radical (unpaired) electrons. The van der Waals surface area contributed by atoms with Gasteiger partial charge >= 0.3 is 0 Å². The lowest BCUT2D eigenvalue weighted by molar-refractivity contribution is 0.482. The third-order valence-electron chi connectivity index (χ3n) is 5.03. The Labute approximate surface area is 172 Å². The molecule has 1 fully saturated rings. The van der Waals surface area contributed by atoms with E-state index in [4.69, 9.17) is 16.7 Å². The van der Waals surface area contributed by atoms with Gasteiger partial charge in [-0.1, -0.05) is 12.1 Å². The molecule has 4 rings (SSSR count). The van der Waals surface area contributed by atoms with E-state index in [0.717, 1.165) is 18.4 Å². The number of nitrogens with two attached hydrogens (primary N) is 1. The van der Waals surface area contributed by atoms with Gasteiger partial charge in [-0.25, -0.2) is 23.5 Å². The second-order valence-corrected chi connectivity index (χ2v) is 9.00. The van der Waals surface area contributed by atoms with E-state index in [2.05, 4.69) is 20.3 Å². The van der Waals surface area contributed by atoms with E-state index >= 15 is 0 Å². The molecule has 0 aliphatic heterocycles. The van der Waals surface area contributed by atoms with Crippen molar-refractivity contribution in [1.29, 1.82) is 0 Å².